The standard InChI is InChI=1S/C16H12O4S/c17-16(18)14-8-10-15(11-9-14)21(19,20)12-4-7-13-5-2-1-3-6-13/h1-3,5-6,8-11H,12H2,(H,17,18). The number of carboxylic acids is 1. The third kappa shape index (κ3) is 3.94. The molecule has 0 aromatic heterocycles. The Labute approximate surface area is 123 Å². The Morgan fingerprint density at radius 1 is 1.00 bits per heavy atom. The average Bonchev–Trinajstić information content (AvgIpc) is 2.48. The van der Waals surface area contributed by atoms with Crippen LogP contribution in [-0.4, -0.2) is 25.2 Å². The number of carboxylic acid groups (broad SMARTS) is 1. The molecule has 0 radical (unpaired) electrons. The third-order valence-corrected chi connectivity index (χ3v) is 4.24. The van der Waals surface area contributed by atoms with Crippen LogP contribution in [0.1, 0.15) is 15.9 Å². The average molecular weight is 300 g/mol. The molecule has 1 N–H and O–H groups in total. The zero-order valence-corrected chi connectivity index (χ0v) is 11.8. The molecular formula is C16H12O4S. The molecule has 0 aliphatic heterocycles. The predicted molar refractivity (Wildman–Crippen MR) is 78.8 cm³/mol. The Hall–Kier alpha value is -2.58. The highest BCUT2D eigenvalue weighted by Crippen LogP contribution is 2.12. The van der Waals surface area contributed by atoms with Crippen molar-refractivity contribution in [2.75, 3.05) is 5.75 Å². The molecule has 0 aliphatic carbocycles. The molecule has 2 aromatic rings. The topological polar surface area (TPSA) is 71.4 Å². The monoisotopic (exact) mass is 300 g/mol. The van der Waals surface area contributed by atoms with Gasteiger partial charge in [0, 0.05) is 5.56 Å². The summed E-state index contributed by atoms with van der Waals surface area (Å²) in [5, 5.41) is 8.77. The van der Waals surface area contributed by atoms with Crippen molar-refractivity contribution in [2.45, 2.75) is 4.90 Å². The lowest BCUT2D eigenvalue weighted by Crippen LogP contribution is -2.06. The Bertz CT molecular complexity index is 795. The largest absolute Gasteiger partial charge is 0.478 e. The lowest BCUT2D eigenvalue weighted by atomic mass is 10.2. The fourth-order valence-electron chi connectivity index (χ4n) is 1.64. The number of benzene rings is 2. The fourth-order valence-corrected chi connectivity index (χ4v) is 2.62. The van der Waals surface area contributed by atoms with E-state index in [4.69, 9.17) is 5.11 Å². The first kappa shape index (κ1) is 14.8. The Balaban J connectivity index is 2.16. The van der Waals surface area contributed by atoms with Crippen LogP contribution in [-0.2, 0) is 9.84 Å². The van der Waals surface area contributed by atoms with E-state index in [2.05, 4.69) is 11.8 Å². The zero-order chi connectivity index (χ0) is 15.3. The van der Waals surface area contributed by atoms with Gasteiger partial charge in [-0.1, -0.05) is 30.0 Å². The highest BCUT2D eigenvalue weighted by molar-refractivity contribution is 7.91. The highest BCUT2D eigenvalue weighted by Gasteiger charge is 2.13. The number of rotatable bonds is 3. The Morgan fingerprint density at radius 2 is 1.62 bits per heavy atom. The molecule has 0 amide bonds. The molecule has 4 nitrogen and oxygen atoms in total. The molecule has 0 aliphatic rings. The van der Waals surface area contributed by atoms with Crippen LogP contribution < -0.4 is 0 Å². The van der Waals surface area contributed by atoms with Crippen molar-refractivity contribution in [1.82, 2.24) is 0 Å². The number of hydrogen-bond donors (Lipinski definition) is 1. The number of aromatic carboxylic acids is 1. The Morgan fingerprint density at radius 3 is 2.19 bits per heavy atom. The summed E-state index contributed by atoms with van der Waals surface area (Å²) in [4.78, 5) is 10.8. The van der Waals surface area contributed by atoms with E-state index >= 15 is 0 Å². The molecule has 21 heavy (non-hydrogen) atoms. The molecule has 0 bridgehead atoms. The van der Waals surface area contributed by atoms with E-state index < -0.39 is 15.8 Å². The van der Waals surface area contributed by atoms with Crippen molar-refractivity contribution in [3.05, 3.63) is 65.7 Å². The van der Waals surface area contributed by atoms with Crippen LogP contribution in [0.5, 0.6) is 0 Å². The summed E-state index contributed by atoms with van der Waals surface area (Å²) in [5.74, 6) is 3.99. The van der Waals surface area contributed by atoms with Gasteiger partial charge in [0.1, 0.15) is 5.75 Å². The molecule has 0 saturated carbocycles. The van der Waals surface area contributed by atoms with Crippen molar-refractivity contribution in [3.8, 4) is 11.8 Å². The van der Waals surface area contributed by atoms with Crippen LogP contribution in [0.2, 0.25) is 0 Å². The maximum Gasteiger partial charge on any atom is 0.335 e. The lowest BCUT2D eigenvalue weighted by Gasteiger charge is -2.01. The molecular weight excluding hydrogens is 288 g/mol. The molecule has 106 valence electrons. The third-order valence-electron chi connectivity index (χ3n) is 2.73. The smallest absolute Gasteiger partial charge is 0.335 e. The van der Waals surface area contributed by atoms with Crippen molar-refractivity contribution in [3.63, 3.8) is 0 Å². The summed E-state index contributed by atoms with van der Waals surface area (Å²) < 4.78 is 24.1. The van der Waals surface area contributed by atoms with Gasteiger partial charge in [0.25, 0.3) is 0 Å². The van der Waals surface area contributed by atoms with Gasteiger partial charge in [-0.3, -0.25) is 0 Å². The van der Waals surface area contributed by atoms with Crippen molar-refractivity contribution in [1.29, 1.82) is 0 Å². The van der Waals surface area contributed by atoms with E-state index in [9.17, 15) is 13.2 Å². The highest BCUT2D eigenvalue weighted by atomic mass is 32.2. The van der Waals surface area contributed by atoms with Gasteiger partial charge in [-0.05, 0) is 36.4 Å². The lowest BCUT2D eigenvalue weighted by molar-refractivity contribution is 0.0697. The molecule has 0 heterocycles. The first-order valence-corrected chi connectivity index (χ1v) is 7.74. The predicted octanol–water partition coefficient (Wildman–Crippen LogP) is 2.21. The van der Waals surface area contributed by atoms with Gasteiger partial charge in [-0.15, -0.1) is 0 Å². The maximum atomic E-state index is 12.1. The normalized spacial score (nSPS) is 10.5. The maximum absolute atomic E-state index is 12.1. The van der Waals surface area contributed by atoms with Gasteiger partial charge < -0.3 is 5.11 Å². The molecule has 2 aromatic carbocycles. The summed E-state index contributed by atoms with van der Waals surface area (Å²) >= 11 is 0. The van der Waals surface area contributed by atoms with Crippen molar-refractivity contribution in [2.24, 2.45) is 0 Å². The van der Waals surface area contributed by atoms with Crippen LogP contribution >= 0.6 is 0 Å². The molecule has 0 unspecified atom stereocenters. The van der Waals surface area contributed by atoms with Crippen LogP contribution in [0.15, 0.2) is 59.5 Å². The molecule has 0 fully saturated rings. The number of hydrogen-bond acceptors (Lipinski definition) is 3. The van der Waals surface area contributed by atoms with Crippen molar-refractivity contribution >= 4 is 15.8 Å². The molecule has 2 rings (SSSR count). The SMILES string of the molecule is O=C(O)c1ccc(S(=O)(=O)CC#Cc2ccccc2)cc1. The first-order valence-electron chi connectivity index (χ1n) is 6.09. The second kappa shape index (κ2) is 6.25. The Kier molecular flexibility index (Phi) is 4.41. The summed E-state index contributed by atoms with van der Waals surface area (Å²) in [6.07, 6.45) is 0. The van der Waals surface area contributed by atoms with E-state index in [0.717, 1.165) is 5.56 Å². The fraction of sp³-hybridized carbons (Fsp3) is 0.0625. The van der Waals surface area contributed by atoms with Gasteiger partial charge in [0.05, 0.1) is 10.5 Å². The number of sulfone groups is 1. The quantitative estimate of drug-likeness (QED) is 0.882. The van der Waals surface area contributed by atoms with E-state index in [1.807, 2.05) is 18.2 Å². The molecule has 5 heteroatoms. The van der Waals surface area contributed by atoms with Crippen LogP contribution in [0, 0.1) is 11.8 Å². The molecule has 0 spiro atoms. The minimum Gasteiger partial charge on any atom is -0.478 e. The summed E-state index contributed by atoms with van der Waals surface area (Å²) in [5.41, 5.74) is 0.790. The van der Waals surface area contributed by atoms with Gasteiger partial charge >= 0.3 is 5.97 Å². The summed E-state index contributed by atoms with van der Waals surface area (Å²) in [6.45, 7) is 0. The van der Waals surface area contributed by atoms with Gasteiger partial charge in [-0.25, -0.2) is 13.2 Å². The second-order valence-electron chi connectivity index (χ2n) is 4.26. The summed E-state index contributed by atoms with van der Waals surface area (Å²) in [7, 11) is -3.54. The van der Waals surface area contributed by atoms with Crippen LogP contribution in [0.25, 0.3) is 0 Å². The van der Waals surface area contributed by atoms with E-state index in [-0.39, 0.29) is 16.2 Å². The zero-order valence-electron chi connectivity index (χ0n) is 11.0. The van der Waals surface area contributed by atoms with Crippen LogP contribution in [0.4, 0.5) is 0 Å². The van der Waals surface area contributed by atoms with Crippen LogP contribution in [0.3, 0.4) is 0 Å². The van der Waals surface area contributed by atoms with E-state index in [0.29, 0.717) is 0 Å². The minimum atomic E-state index is -3.54. The van der Waals surface area contributed by atoms with Gasteiger partial charge in [0.15, 0.2) is 9.84 Å². The van der Waals surface area contributed by atoms with E-state index in [1.165, 1.54) is 24.3 Å². The van der Waals surface area contributed by atoms with Gasteiger partial charge in [0.2, 0.25) is 0 Å². The van der Waals surface area contributed by atoms with Gasteiger partial charge in [-0.2, -0.15) is 0 Å². The van der Waals surface area contributed by atoms with E-state index in [1.54, 1.807) is 12.1 Å². The summed E-state index contributed by atoms with van der Waals surface area (Å²) in [6, 6.07) is 14.2. The molecule has 0 atom stereocenters. The first-order chi connectivity index (χ1) is 9.99. The second-order valence-corrected chi connectivity index (χ2v) is 6.25. The number of carbonyl (C=O) groups is 1. The minimum absolute atomic E-state index is 0.0457. The van der Waals surface area contributed by atoms with Crippen molar-refractivity contribution < 1.29 is 18.3 Å². The molecule has 0 saturated heterocycles.